The summed E-state index contributed by atoms with van der Waals surface area (Å²) < 4.78 is 0. The van der Waals surface area contributed by atoms with Gasteiger partial charge in [0.25, 0.3) is 5.91 Å². The summed E-state index contributed by atoms with van der Waals surface area (Å²) in [5.74, 6) is -0.128. The van der Waals surface area contributed by atoms with Crippen LogP contribution in [-0.4, -0.2) is 35.0 Å². The average molecular weight is 237 g/mol. The summed E-state index contributed by atoms with van der Waals surface area (Å²) in [5.41, 5.74) is 6.14. The SMILES string of the molecule is CN(C)C(=O)c1sc2nccc(O)c2c1N. The van der Waals surface area contributed by atoms with Gasteiger partial charge < -0.3 is 15.7 Å². The first-order valence-electron chi connectivity index (χ1n) is 4.60. The maximum absolute atomic E-state index is 11.8. The molecule has 16 heavy (non-hydrogen) atoms. The Morgan fingerprint density at radius 3 is 2.81 bits per heavy atom. The van der Waals surface area contributed by atoms with Gasteiger partial charge in [-0.3, -0.25) is 4.79 Å². The summed E-state index contributed by atoms with van der Waals surface area (Å²) in [7, 11) is 3.30. The number of thiophene rings is 1. The summed E-state index contributed by atoms with van der Waals surface area (Å²) in [6.07, 6.45) is 1.48. The van der Waals surface area contributed by atoms with Gasteiger partial charge in [0.1, 0.15) is 15.5 Å². The lowest BCUT2D eigenvalue weighted by atomic mass is 10.2. The second-order valence-corrected chi connectivity index (χ2v) is 4.55. The highest BCUT2D eigenvalue weighted by Crippen LogP contribution is 2.37. The predicted molar refractivity (Wildman–Crippen MR) is 63.7 cm³/mol. The van der Waals surface area contributed by atoms with Crippen molar-refractivity contribution >= 4 is 33.1 Å². The van der Waals surface area contributed by atoms with Gasteiger partial charge in [0, 0.05) is 20.3 Å². The average Bonchev–Trinajstić information content (AvgIpc) is 2.56. The number of hydrogen-bond donors (Lipinski definition) is 2. The van der Waals surface area contributed by atoms with Gasteiger partial charge in [-0.1, -0.05) is 0 Å². The summed E-state index contributed by atoms with van der Waals surface area (Å²) in [6, 6.07) is 1.45. The molecule has 84 valence electrons. The van der Waals surface area contributed by atoms with Crippen LogP contribution in [0.1, 0.15) is 9.67 Å². The molecule has 0 bridgehead atoms. The van der Waals surface area contributed by atoms with Crippen LogP contribution in [0.15, 0.2) is 12.3 Å². The van der Waals surface area contributed by atoms with Gasteiger partial charge in [-0.2, -0.15) is 0 Å². The molecule has 1 amide bonds. The number of anilines is 1. The van der Waals surface area contributed by atoms with Crippen molar-refractivity contribution in [2.75, 3.05) is 19.8 Å². The standard InChI is InChI=1S/C10H11N3O2S/c1-13(2)10(15)8-7(11)6-5(14)3-4-12-9(6)16-8/h3-4H,11H2,1-2H3,(H,12,14). The van der Waals surface area contributed by atoms with Crippen LogP contribution in [0.25, 0.3) is 10.2 Å². The highest BCUT2D eigenvalue weighted by Gasteiger charge is 2.20. The lowest BCUT2D eigenvalue weighted by molar-refractivity contribution is 0.0833. The smallest absolute Gasteiger partial charge is 0.265 e. The van der Waals surface area contributed by atoms with E-state index in [2.05, 4.69) is 4.98 Å². The molecule has 0 fully saturated rings. The highest BCUT2D eigenvalue weighted by molar-refractivity contribution is 7.21. The first-order chi connectivity index (χ1) is 7.52. The van der Waals surface area contributed by atoms with Gasteiger partial charge in [-0.25, -0.2) is 4.98 Å². The van der Waals surface area contributed by atoms with E-state index in [-0.39, 0.29) is 11.7 Å². The van der Waals surface area contributed by atoms with Crippen molar-refractivity contribution in [2.45, 2.75) is 0 Å². The Kier molecular flexibility index (Phi) is 2.43. The molecule has 0 spiro atoms. The zero-order valence-electron chi connectivity index (χ0n) is 8.89. The molecule has 0 aliphatic rings. The number of carbonyl (C=O) groups is 1. The van der Waals surface area contributed by atoms with Gasteiger partial charge in [0.05, 0.1) is 11.1 Å². The summed E-state index contributed by atoms with van der Waals surface area (Å²) in [4.78, 5) is 18.3. The van der Waals surface area contributed by atoms with Gasteiger partial charge in [0.15, 0.2) is 0 Å². The zero-order valence-corrected chi connectivity index (χ0v) is 9.71. The minimum absolute atomic E-state index is 0.0524. The number of aromatic hydroxyl groups is 1. The molecule has 0 aliphatic carbocycles. The summed E-state index contributed by atoms with van der Waals surface area (Å²) in [5, 5.41) is 10.1. The fourth-order valence-corrected chi connectivity index (χ4v) is 2.50. The Labute approximate surface area is 96.1 Å². The van der Waals surface area contributed by atoms with Crippen LogP contribution < -0.4 is 5.73 Å². The third kappa shape index (κ3) is 1.47. The van der Waals surface area contributed by atoms with Gasteiger partial charge >= 0.3 is 0 Å². The fourth-order valence-electron chi connectivity index (χ4n) is 1.39. The second kappa shape index (κ2) is 3.64. The Bertz CT molecular complexity index is 562. The molecular weight excluding hydrogens is 226 g/mol. The van der Waals surface area contributed by atoms with E-state index < -0.39 is 0 Å². The van der Waals surface area contributed by atoms with Crippen molar-refractivity contribution in [3.8, 4) is 5.75 Å². The molecule has 2 aromatic rings. The van der Waals surface area contributed by atoms with Crippen LogP contribution in [0.4, 0.5) is 5.69 Å². The number of nitrogens with zero attached hydrogens (tertiary/aromatic N) is 2. The number of carbonyl (C=O) groups excluding carboxylic acids is 1. The number of pyridine rings is 1. The third-order valence-corrected chi connectivity index (χ3v) is 3.31. The molecule has 2 heterocycles. The zero-order chi connectivity index (χ0) is 11.9. The number of amides is 1. The fraction of sp³-hybridized carbons (Fsp3) is 0.200. The largest absolute Gasteiger partial charge is 0.507 e. The maximum Gasteiger partial charge on any atom is 0.265 e. The van der Waals surface area contributed by atoms with Crippen molar-refractivity contribution < 1.29 is 9.90 Å². The first-order valence-corrected chi connectivity index (χ1v) is 5.41. The van der Waals surface area contributed by atoms with Crippen LogP contribution in [0.5, 0.6) is 5.75 Å². The van der Waals surface area contributed by atoms with E-state index in [0.29, 0.717) is 20.8 Å². The molecule has 2 aromatic heterocycles. The van der Waals surface area contributed by atoms with Gasteiger partial charge in [-0.05, 0) is 6.07 Å². The number of hydrogen-bond acceptors (Lipinski definition) is 5. The topological polar surface area (TPSA) is 79.5 Å². The monoisotopic (exact) mass is 237 g/mol. The van der Waals surface area contributed by atoms with Crippen LogP contribution in [-0.2, 0) is 0 Å². The van der Waals surface area contributed by atoms with Crippen molar-refractivity contribution in [1.82, 2.24) is 9.88 Å². The minimum Gasteiger partial charge on any atom is -0.507 e. The van der Waals surface area contributed by atoms with Crippen LogP contribution >= 0.6 is 11.3 Å². The Morgan fingerprint density at radius 1 is 1.56 bits per heavy atom. The number of rotatable bonds is 1. The van der Waals surface area contributed by atoms with Crippen LogP contribution in [0.2, 0.25) is 0 Å². The number of fused-ring (bicyclic) bond motifs is 1. The molecule has 0 aliphatic heterocycles. The first kappa shape index (κ1) is 10.7. The van der Waals surface area contributed by atoms with Crippen molar-refractivity contribution in [2.24, 2.45) is 0 Å². The van der Waals surface area contributed by atoms with E-state index in [1.165, 1.54) is 28.5 Å². The van der Waals surface area contributed by atoms with Crippen molar-refractivity contribution in [3.05, 3.63) is 17.1 Å². The molecule has 0 saturated carbocycles. The van der Waals surface area contributed by atoms with Crippen LogP contribution in [0.3, 0.4) is 0 Å². The van der Waals surface area contributed by atoms with E-state index in [0.717, 1.165) is 0 Å². The van der Waals surface area contributed by atoms with E-state index in [4.69, 9.17) is 5.73 Å². The van der Waals surface area contributed by atoms with Gasteiger partial charge in [0.2, 0.25) is 0 Å². The molecule has 0 radical (unpaired) electrons. The molecule has 0 aromatic carbocycles. The molecule has 0 unspecified atom stereocenters. The normalized spacial score (nSPS) is 10.6. The number of nitrogens with two attached hydrogens (primary N) is 1. The molecular formula is C10H11N3O2S. The molecule has 0 atom stereocenters. The Balaban J connectivity index is 2.70. The molecule has 6 heteroatoms. The lowest BCUT2D eigenvalue weighted by Gasteiger charge is -2.08. The van der Waals surface area contributed by atoms with E-state index in [1.807, 2.05) is 0 Å². The summed E-state index contributed by atoms with van der Waals surface area (Å²) >= 11 is 1.19. The molecule has 0 saturated heterocycles. The Hall–Kier alpha value is -1.82. The Morgan fingerprint density at radius 2 is 2.25 bits per heavy atom. The predicted octanol–water partition coefficient (Wildman–Crippen LogP) is 1.29. The maximum atomic E-state index is 11.8. The van der Waals surface area contributed by atoms with Gasteiger partial charge in [-0.15, -0.1) is 11.3 Å². The quantitative estimate of drug-likeness (QED) is 0.783. The lowest BCUT2D eigenvalue weighted by Crippen LogP contribution is -2.21. The second-order valence-electron chi connectivity index (χ2n) is 3.55. The van der Waals surface area contributed by atoms with Crippen molar-refractivity contribution in [3.63, 3.8) is 0 Å². The number of nitrogen functional groups attached to an aromatic ring is 1. The highest BCUT2D eigenvalue weighted by atomic mass is 32.1. The molecule has 5 nitrogen and oxygen atoms in total. The van der Waals surface area contributed by atoms with E-state index in [9.17, 15) is 9.90 Å². The number of aromatic nitrogens is 1. The summed E-state index contributed by atoms with van der Waals surface area (Å²) in [6.45, 7) is 0. The minimum atomic E-state index is -0.181. The molecule has 3 N–H and O–H groups in total. The van der Waals surface area contributed by atoms with Crippen LogP contribution in [0, 0.1) is 0 Å². The molecule has 2 rings (SSSR count). The van der Waals surface area contributed by atoms with E-state index >= 15 is 0 Å². The van der Waals surface area contributed by atoms with E-state index in [1.54, 1.807) is 14.1 Å². The van der Waals surface area contributed by atoms with Crippen molar-refractivity contribution in [1.29, 1.82) is 0 Å². The third-order valence-electron chi connectivity index (χ3n) is 2.21.